The number of benzene rings is 2. The molecule has 4 nitrogen and oxygen atoms in total. The number of anilines is 1. The van der Waals surface area contributed by atoms with Gasteiger partial charge in [-0.1, -0.05) is 24.1 Å². The van der Waals surface area contributed by atoms with Crippen molar-refractivity contribution in [2.75, 3.05) is 19.1 Å². The maximum absolute atomic E-state index is 5.53. The predicted octanol–water partition coefficient (Wildman–Crippen LogP) is 2.82. The molecule has 108 valence electrons. The van der Waals surface area contributed by atoms with Crippen LogP contribution in [0.15, 0.2) is 48.5 Å². The molecule has 2 aromatic rings. The molecular formula is C17H18N2O2. The Balaban J connectivity index is 2.01. The Hall–Kier alpha value is -2.64. The van der Waals surface area contributed by atoms with Crippen LogP contribution in [0.25, 0.3) is 0 Å². The van der Waals surface area contributed by atoms with Crippen LogP contribution in [0.2, 0.25) is 0 Å². The summed E-state index contributed by atoms with van der Waals surface area (Å²) < 4.78 is 10.8. The van der Waals surface area contributed by atoms with E-state index in [-0.39, 0.29) is 6.61 Å². The summed E-state index contributed by atoms with van der Waals surface area (Å²) in [6.45, 7) is 0.817. The zero-order valence-electron chi connectivity index (χ0n) is 11.9. The molecule has 0 aliphatic heterocycles. The number of methoxy groups -OCH3 is 1. The third kappa shape index (κ3) is 4.44. The molecule has 21 heavy (non-hydrogen) atoms. The molecule has 0 bridgehead atoms. The minimum atomic E-state index is 0.242. The standard InChI is InChI=1S/C17H18N2O2/c1-3-11-21-17-10-9-16(20-2)12-14(17)13-18-19-15-7-5-4-6-8-15/h1,4-10,12,18-19H,11,13H2,2H3. The highest BCUT2D eigenvalue weighted by Crippen LogP contribution is 2.24. The molecule has 0 fully saturated rings. The second-order valence-corrected chi connectivity index (χ2v) is 4.31. The monoisotopic (exact) mass is 282 g/mol. The highest BCUT2D eigenvalue weighted by Gasteiger charge is 2.05. The maximum Gasteiger partial charge on any atom is 0.148 e. The Kier molecular flexibility index (Phi) is 5.50. The van der Waals surface area contributed by atoms with E-state index in [4.69, 9.17) is 15.9 Å². The number of hydrazine groups is 1. The number of rotatable bonds is 7. The van der Waals surface area contributed by atoms with Crippen LogP contribution >= 0.6 is 0 Å². The van der Waals surface area contributed by atoms with Crippen LogP contribution in [-0.2, 0) is 6.54 Å². The molecule has 0 aliphatic carbocycles. The van der Waals surface area contributed by atoms with Crippen molar-refractivity contribution in [2.45, 2.75) is 6.54 Å². The van der Waals surface area contributed by atoms with Crippen molar-refractivity contribution >= 4 is 5.69 Å². The van der Waals surface area contributed by atoms with Crippen molar-refractivity contribution < 1.29 is 9.47 Å². The van der Waals surface area contributed by atoms with E-state index in [1.165, 1.54) is 0 Å². The van der Waals surface area contributed by atoms with E-state index in [1.807, 2.05) is 48.5 Å². The summed E-state index contributed by atoms with van der Waals surface area (Å²) in [5.41, 5.74) is 8.23. The summed E-state index contributed by atoms with van der Waals surface area (Å²) in [5.74, 6) is 3.99. The number of terminal acetylenes is 1. The van der Waals surface area contributed by atoms with Crippen molar-refractivity contribution in [3.63, 3.8) is 0 Å². The van der Waals surface area contributed by atoms with Gasteiger partial charge in [-0.2, -0.15) is 0 Å². The fourth-order valence-electron chi connectivity index (χ4n) is 1.84. The van der Waals surface area contributed by atoms with Gasteiger partial charge in [0.1, 0.15) is 18.1 Å². The molecule has 0 aromatic heterocycles. The Bertz CT molecular complexity index is 606. The second kappa shape index (κ2) is 7.83. The van der Waals surface area contributed by atoms with E-state index in [9.17, 15) is 0 Å². The first kappa shape index (κ1) is 14.8. The van der Waals surface area contributed by atoms with Crippen molar-refractivity contribution in [3.05, 3.63) is 54.1 Å². The lowest BCUT2D eigenvalue weighted by Gasteiger charge is -2.13. The first-order chi connectivity index (χ1) is 10.3. The van der Waals surface area contributed by atoms with Crippen LogP contribution in [0.5, 0.6) is 11.5 Å². The third-order valence-electron chi connectivity index (χ3n) is 2.86. The average Bonchev–Trinajstić information content (AvgIpc) is 2.54. The Morgan fingerprint density at radius 2 is 1.95 bits per heavy atom. The van der Waals surface area contributed by atoms with E-state index < -0.39 is 0 Å². The number of hydrogen-bond acceptors (Lipinski definition) is 4. The highest BCUT2D eigenvalue weighted by atomic mass is 16.5. The van der Waals surface area contributed by atoms with Crippen LogP contribution in [0, 0.1) is 12.3 Å². The van der Waals surface area contributed by atoms with Gasteiger partial charge in [-0.15, -0.1) is 6.42 Å². The van der Waals surface area contributed by atoms with Crippen LogP contribution in [-0.4, -0.2) is 13.7 Å². The largest absolute Gasteiger partial charge is 0.497 e. The fraction of sp³-hybridized carbons (Fsp3) is 0.176. The molecule has 2 rings (SSSR count). The summed E-state index contributed by atoms with van der Waals surface area (Å²) in [5, 5.41) is 0. The summed E-state index contributed by atoms with van der Waals surface area (Å²) in [4.78, 5) is 0. The van der Waals surface area contributed by atoms with Crippen LogP contribution in [0.3, 0.4) is 0 Å². The Morgan fingerprint density at radius 3 is 2.67 bits per heavy atom. The van der Waals surface area contributed by atoms with Gasteiger partial charge in [-0.05, 0) is 30.3 Å². The van der Waals surface area contributed by atoms with E-state index in [1.54, 1.807) is 7.11 Å². The van der Waals surface area contributed by atoms with Gasteiger partial charge in [0, 0.05) is 17.8 Å². The normalized spacial score (nSPS) is 9.71. The van der Waals surface area contributed by atoms with Crippen molar-refractivity contribution in [3.8, 4) is 23.8 Å². The van der Waals surface area contributed by atoms with Gasteiger partial charge >= 0.3 is 0 Å². The number of para-hydroxylation sites is 1. The predicted molar refractivity (Wildman–Crippen MR) is 84.2 cm³/mol. The molecule has 0 atom stereocenters. The molecule has 4 heteroatoms. The lowest BCUT2D eigenvalue weighted by atomic mass is 10.2. The maximum atomic E-state index is 5.53. The van der Waals surface area contributed by atoms with E-state index >= 15 is 0 Å². The fourth-order valence-corrected chi connectivity index (χ4v) is 1.84. The van der Waals surface area contributed by atoms with Gasteiger partial charge in [-0.25, -0.2) is 5.43 Å². The molecule has 2 aromatic carbocycles. The van der Waals surface area contributed by atoms with Gasteiger partial charge in [0.15, 0.2) is 0 Å². The van der Waals surface area contributed by atoms with Crippen LogP contribution in [0.4, 0.5) is 5.69 Å². The van der Waals surface area contributed by atoms with Crippen LogP contribution < -0.4 is 20.3 Å². The first-order valence-electron chi connectivity index (χ1n) is 6.60. The number of hydrogen-bond donors (Lipinski definition) is 2. The zero-order valence-corrected chi connectivity index (χ0v) is 11.9. The lowest BCUT2D eigenvalue weighted by molar-refractivity contribution is 0.362. The summed E-state index contributed by atoms with van der Waals surface area (Å²) in [6.07, 6.45) is 5.23. The minimum Gasteiger partial charge on any atom is -0.497 e. The zero-order chi connectivity index (χ0) is 14.9. The van der Waals surface area contributed by atoms with E-state index in [2.05, 4.69) is 16.8 Å². The number of ether oxygens (including phenoxy) is 2. The minimum absolute atomic E-state index is 0.242. The highest BCUT2D eigenvalue weighted by molar-refractivity contribution is 5.43. The first-order valence-corrected chi connectivity index (χ1v) is 6.60. The molecule has 0 spiro atoms. The van der Waals surface area contributed by atoms with E-state index in [0.717, 1.165) is 22.7 Å². The van der Waals surface area contributed by atoms with E-state index in [0.29, 0.717) is 6.54 Å². The Morgan fingerprint density at radius 1 is 1.14 bits per heavy atom. The molecule has 0 heterocycles. The topological polar surface area (TPSA) is 42.5 Å². The van der Waals surface area contributed by atoms with Gasteiger partial charge in [-0.3, -0.25) is 0 Å². The van der Waals surface area contributed by atoms with Gasteiger partial charge < -0.3 is 14.9 Å². The molecule has 0 amide bonds. The molecule has 2 N–H and O–H groups in total. The molecule has 0 unspecified atom stereocenters. The SMILES string of the molecule is C#CCOc1ccc(OC)cc1CNNc1ccccc1. The molecule has 0 saturated heterocycles. The lowest BCUT2D eigenvalue weighted by Crippen LogP contribution is -2.21. The summed E-state index contributed by atoms with van der Waals surface area (Å²) in [7, 11) is 1.64. The summed E-state index contributed by atoms with van der Waals surface area (Å²) in [6, 6.07) is 15.5. The quantitative estimate of drug-likeness (QED) is 0.605. The van der Waals surface area contributed by atoms with Crippen molar-refractivity contribution in [2.24, 2.45) is 0 Å². The molecule has 0 radical (unpaired) electrons. The van der Waals surface area contributed by atoms with Crippen molar-refractivity contribution in [1.29, 1.82) is 0 Å². The van der Waals surface area contributed by atoms with Gasteiger partial charge in [0.2, 0.25) is 0 Å². The van der Waals surface area contributed by atoms with Gasteiger partial charge in [0.25, 0.3) is 0 Å². The second-order valence-electron chi connectivity index (χ2n) is 4.31. The Labute approximate surface area is 125 Å². The summed E-state index contributed by atoms with van der Waals surface area (Å²) >= 11 is 0. The average molecular weight is 282 g/mol. The molecular weight excluding hydrogens is 264 g/mol. The van der Waals surface area contributed by atoms with Crippen LogP contribution in [0.1, 0.15) is 5.56 Å². The smallest absolute Gasteiger partial charge is 0.148 e. The molecule has 0 saturated carbocycles. The van der Waals surface area contributed by atoms with Crippen molar-refractivity contribution in [1.82, 2.24) is 5.43 Å². The third-order valence-corrected chi connectivity index (χ3v) is 2.86. The van der Waals surface area contributed by atoms with Gasteiger partial charge in [0.05, 0.1) is 7.11 Å². The molecule has 0 aliphatic rings. The number of nitrogens with one attached hydrogen (secondary N) is 2.